The Morgan fingerprint density at radius 2 is 1.67 bits per heavy atom. The highest BCUT2D eigenvalue weighted by molar-refractivity contribution is 6.04. The standard InChI is InChI=1S/C23H23N5O2/c1-28-19-9-5-4-8-18(19)21(27-28)23(30)24-15-12-10-14(11-13-15)20-16-6-2-3-7-17(16)22(29)26-25-20/h2-9,14-15H,10-13H2,1H3,(H,24,30)(H,26,29). The molecule has 2 heterocycles. The van der Waals surface area contributed by atoms with E-state index in [-0.39, 0.29) is 23.4 Å². The van der Waals surface area contributed by atoms with Gasteiger partial charge in [0.25, 0.3) is 11.5 Å². The number of rotatable bonds is 3. The molecule has 7 heteroatoms. The molecule has 0 saturated heterocycles. The van der Waals surface area contributed by atoms with Gasteiger partial charge in [0.2, 0.25) is 0 Å². The van der Waals surface area contributed by atoms with Gasteiger partial charge in [-0.3, -0.25) is 14.3 Å². The molecule has 0 spiro atoms. The van der Waals surface area contributed by atoms with E-state index in [9.17, 15) is 9.59 Å². The highest BCUT2D eigenvalue weighted by atomic mass is 16.2. The number of nitrogens with one attached hydrogen (secondary N) is 2. The Bertz CT molecular complexity index is 1300. The molecule has 2 aromatic carbocycles. The minimum Gasteiger partial charge on any atom is -0.348 e. The lowest BCUT2D eigenvalue weighted by atomic mass is 9.82. The van der Waals surface area contributed by atoms with Crippen molar-refractivity contribution in [1.29, 1.82) is 0 Å². The van der Waals surface area contributed by atoms with Gasteiger partial charge in [-0.1, -0.05) is 36.4 Å². The molecule has 1 aliphatic rings. The number of hydrogen-bond donors (Lipinski definition) is 2. The molecule has 2 N–H and O–H groups in total. The Balaban J connectivity index is 1.30. The van der Waals surface area contributed by atoms with Crippen molar-refractivity contribution in [2.24, 2.45) is 7.05 Å². The van der Waals surface area contributed by atoms with E-state index < -0.39 is 0 Å². The van der Waals surface area contributed by atoms with Crippen molar-refractivity contribution < 1.29 is 4.79 Å². The van der Waals surface area contributed by atoms with Crippen LogP contribution in [0.5, 0.6) is 0 Å². The van der Waals surface area contributed by atoms with Crippen LogP contribution >= 0.6 is 0 Å². The number of benzene rings is 2. The summed E-state index contributed by atoms with van der Waals surface area (Å²) in [5.74, 6) is 0.151. The molecule has 5 rings (SSSR count). The van der Waals surface area contributed by atoms with Crippen molar-refractivity contribution in [2.45, 2.75) is 37.6 Å². The third kappa shape index (κ3) is 3.16. The third-order valence-corrected chi connectivity index (χ3v) is 6.15. The second kappa shape index (κ2) is 7.40. The van der Waals surface area contributed by atoms with E-state index >= 15 is 0 Å². The first-order valence-electron chi connectivity index (χ1n) is 10.3. The summed E-state index contributed by atoms with van der Waals surface area (Å²) in [6.07, 6.45) is 3.57. The number of nitrogens with zero attached hydrogens (tertiary/aromatic N) is 3. The lowest BCUT2D eigenvalue weighted by Gasteiger charge is -2.29. The summed E-state index contributed by atoms with van der Waals surface area (Å²) >= 11 is 0. The van der Waals surface area contributed by atoms with Gasteiger partial charge in [-0.15, -0.1) is 0 Å². The quantitative estimate of drug-likeness (QED) is 0.551. The fourth-order valence-corrected chi connectivity index (χ4v) is 4.59. The number of hydrogen-bond acceptors (Lipinski definition) is 4. The van der Waals surface area contributed by atoms with Crippen LogP contribution in [0.2, 0.25) is 0 Å². The first-order chi connectivity index (χ1) is 14.6. The van der Waals surface area contributed by atoms with Gasteiger partial charge in [-0.25, -0.2) is 5.10 Å². The van der Waals surface area contributed by atoms with Gasteiger partial charge >= 0.3 is 0 Å². The normalized spacial score (nSPS) is 19.2. The topological polar surface area (TPSA) is 92.7 Å². The van der Waals surface area contributed by atoms with Crippen LogP contribution in [0.1, 0.15) is 47.8 Å². The molecule has 1 saturated carbocycles. The summed E-state index contributed by atoms with van der Waals surface area (Å²) in [4.78, 5) is 24.9. The predicted octanol–water partition coefficient (Wildman–Crippen LogP) is 3.27. The van der Waals surface area contributed by atoms with Crippen molar-refractivity contribution in [3.63, 3.8) is 0 Å². The first kappa shape index (κ1) is 18.5. The second-order valence-corrected chi connectivity index (χ2v) is 7.99. The molecule has 1 amide bonds. The van der Waals surface area contributed by atoms with Gasteiger partial charge in [0.1, 0.15) is 0 Å². The van der Waals surface area contributed by atoms with E-state index in [1.807, 2.05) is 55.6 Å². The van der Waals surface area contributed by atoms with Crippen LogP contribution in [0.25, 0.3) is 21.7 Å². The smallest absolute Gasteiger partial charge is 0.272 e. The summed E-state index contributed by atoms with van der Waals surface area (Å²) in [7, 11) is 1.85. The van der Waals surface area contributed by atoms with Crippen LogP contribution in [0.3, 0.4) is 0 Å². The molecule has 0 bridgehead atoms. The summed E-state index contributed by atoms with van der Waals surface area (Å²) in [6, 6.07) is 15.5. The summed E-state index contributed by atoms with van der Waals surface area (Å²) in [6.45, 7) is 0. The van der Waals surface area contributed by atoms with E-state index in [1.54, 1.807) is 4.68 Å². The molecule has 0 radical (unpaired) electrons. The molecule has 0 atom stereocenters. The lowest BCUT2D eigenvalue weighted by Crippen LogP contribution is -2.37. The SMILES string of the molecule is Cn1nc(C(=O)NC2CCC(c3n[nH]c(=O)c4ccccc34)CC2)c2ccccc21. The van der Waals surface area contributed by atoms with Gasteiger partial charge < -0.3 is 5.32 Å². The van der Waals surface area contributed by atoms with Gasteiger partial charge in [-0.2, -0.15) is 10.2 Å². The van der Waals surface area contributed by atoms with Crippen molar-refractivity contribution >= 4 is 27.6 Å². The average Bonchev–Trinajstić information content (AvgIpc) is 3.12. The largest absolute Gasteiger partial charge is 0.348 e. The van der Waals surface area contributed by atoms with Crippen LogP contribution in [-0.4, -0.2) is 31.9 Å². The zero-order valence-corrected chi connectivity index (χ0v) is 16.8. The van der Waals surface area contributed by atoms with Gasteiger partial charge in [0.05, 0.1) is 16.6 Å². The van der Waals surface area contributed by atoms with E-state index in [1.165, 1.54) is 0 Å². The van der Waals surface area contributed by atoms with Gasteiger partial charge in [-0.05, 0) is 37.8 Å². The Hall–Kier alpha value is -3.48. The molecule has 4 aromatic rings. The molecule has 7 nitrogen and oxygen atoms in total. The molecule has 30 heavy (non-hydrogen) atoms. The molecular formula is C23H23N5O2. The fraction of sp³-hybridized carbons (Fsp3) is 0.304. The van der Waals surface area contributed by atoms with Crippen LogP contribution in [0, 0.1) is 0 Å². The molecule has 0 unspecified atom stereocenters. The fourth-order valence-electron chi connectivity index (χ4n) is 4.59. The number of aromatic amines is 1. The summed E-state index contributed by atoms with van der Waals surface area (Å²) in [5, 5.41) is 17.1. The zero-order chi connectivity index (χ0) is 20.7. The number of aryl methyl sites for hydroxylation is 1. The Kier molecular flexibility index (Phi) is 4.58. The second-order valence-electron chi connectivity index (χ2n) is 7.99. The van der Waals surface area contributed by atoms with Crippen molar-refractivity contribution in [2.75, 3.05) is 0 Å². The zero-order valence-electron chi connectivity index (χ0n) is 16.8. The van der Waals surface area contributed by atoms with Crippen LogP contribution in [-0.2, 0) is 7.05 Å². The predicted molar refractivity (Wildman–Crippen MR) is 116 cm³/mol. The average molecular weight is 401 g/mol. The number of fused-ring (bicyclic) bond motifs is 2. The Morgan fingerprint density at radius 3 is 2.43 bits per heavy atom. The van der Waals surface area contributed by atoms with Crippen molar-refractivity contribution in [3.05, 3.63) is 70.3 Å². The Labute approximate surface area is 173 Å². The number of carbonyl (C=O) groups excluding carboxylic acids is 1. The highest BCUT2D eigenvalue weighted by Gasteiger charge is 2.27. The number of H-pyrrole nitrogens is 1. The minimum atomic E-state index is -0.155. The maximum Gasteiger partial charge on any atom is 0.272 e. The highest BCUT2D eigenvalue weighted by Crippen LogP contribution is 2.34. The number of para-hydroxylation sites is 1. The monoisotopic (exact) mass is 401 g/mol. The first-order valence-corrected chi connectivity index (χ1v) is 10.3. The molecular weight excluding hydrogens is 378 g/mol. The summed E-state index contributed by atoms with van der Waals surface area (Å²) < 4.78 is 1.74. The van der Waals surface area contributed by atoms with Crippen LogP contribution in [0.4, 0.5) is 0 Å². The van der Waals surface area contributed by atoms with Crippen LogP contribution < -0.4 is 10.9 Å². The van der Waals surface area contributed by atoms with Crippen molar-refractivity contribution in [1.82, 2.24) is 25.3 Å². The van der Waals surface area contributed by atoms with E-state index in [4.69, 9.17) is 0 Å². The van der Waals surface area contributed by atoms with Crippen LogP contribution in [0.15, 0.2) is 53.3 Å². The summed E-state index contributed by atoms with van der Waals surface area (Å²) in [5.41, 5.74) is 2.22. The Morgan fingerprint density at radius 1 is 1.00 bits per heavy atom. The molecule has 1 aliphatic carbocycles. The van der Waals surface area contributed by atoms with Gasteiger partial charge in [0, 0.05) is 29.8 Å². The lowest BCUT2D eigenvalue weighted by molar-refractivity contribution is 0.0921. The number of carbonyl (C=O) groups is 1. The van der Waals surface area contributed by atoms with Gasteiger partial charge in [0.15, 0.2) is 5.69 Å². The van der Waals surface area contributed by atoms with E-state index in [2.05, 4.69) is 20.6 Å². The minimum absolute atomic E-state index is 0.114. The number of amides is 1. The molecule has 1 fully saturated rings. The molecule has 152 valence electrons. The van der Waals surface area contributed by atoms with E-state index in [0.717, 1.165) is 47.7 Å². The maximum atomic E-state index is 12.9. The third-order valence-electron chi connectivity index (χ3n) is 6.15. The maximum absolute atomic E-state index is 12.9. The molecule has 2 aromatic heterocycles. The van der Waals surface area contributed by atoms with E-state index in [0.29, 0.717) is 11.1 Å². The number of aromatic nitrogens is 4. The van der Waals surface area contributed by atoms with Crippen molar-refractivity contribution in [3.8, 4) is 0 Å². The molecule has 0 aliphatic heterocycles.